The van der Waals surface area contributed by atoms with Gasteiger partial charge in [-0.25, -0.2) is 0 Å². The number of rotatable bonds is 4. The Bertz CT molecular complexity index is 624. The SMILES string of the molecule is CCCn1ncc(Cl)c1C(=O)c1ccc(Br)cc1N. The number of hydrogen-bond donors (Lipinski definition) is 1. The minimum atomic E-state index is -0.207. The molecule has 4 nitrogen and oxygen atoms in total. The maximum Gasteiger partial charge on any atom is 0.214 e. The van der Waals surface area contributed by atoms with Crippen molar-refractivity contribution in [2.75, 3.05) is 5.73 Å². The molecule has 0 amide bonds. The molecule has 6 heteroatoms. The number of carbonyl (C=O) groups excluding carboxylic acids is 1. The fraction of sp³-hybridized carbons (Fsp3) is 0.231. The first kappa shape index (κ1) is 14.1. The first-order valence-corrected chi connectivity index (χ1v) is 7.02. The van der Waals surface area contributed by atoms with Gasteiger partial charge in [0.1, 0.15) is 5.69 Å². The van der Waals surface area contributed by atoms with Crippen LogP contribution in [-0.4, -0.2) is 15.6 Å². The second-order valence-corrected chi connectivity index (χ2v) is 5.45. The Labute approximate surface area is 124 Å². The van der Waals surface area contributed by atoms with Crippen molar-refractivity contribution in [3.63, 3.8) is 0 Å². The molecule has 1 aromatic heterocycles. The van der Waals surface area contributed by atoms with E-state index in [1.807, 2.05) is 6.92 Å². The quantitative estimate of drug-likeness (QED) is 0.683. The molecular formula is C13H13BrClN3O. The predicted molar refractivity (Wildman–Crippen MR) is 79.5 cm³/mol. The summed E-state index contributed by atoms with van der Waals surface area (Å²) in [5, 5.41) is 4.46. The van der Waals surface area contributed by atoms with Gasteiger partial charge in [0.05, 0.1) is 11.2 Å². The van der Waals surface area contributed by atoms with Crippen molar-refractivity contribution < 1.29 is 4.79 Å². The molecule has 0 spiro atoms. The Hall–Kier alpha value is -1.33. The average Bonchev–Trinajstić information content (AvgIpc) is 2.70. The van der Waals surface area contributed by atoms with Crippen LogP contribution in [0.15, 0.2) is 28.9 Å². The number of aromatic nitrogens is 2. The molecule has 2 N–H and O–H groups in total. The van der Waals surface area contributed by atoms with Crippen molar-refractivity contribution in [2.24, 2.45) is 0 Å². The number of nitrogen functional groups attached to an aromatic ring is 1. The molecule has 0 radical (unpaired) electrons. The molecule has 0 bridgehead atoms. The molecule has 0 atom stereocenters. The Balaban J connectivity index is 2.46. The zero-order valence-electron chi connectivity index (χ0n) is 10.4. The van der Waals surface area contributed by atoms with Gasteiger partial charge in [0.25, 0.3) is 0 Å². The molecule has 19 heavy (non-hydrogen) atoms. The summed E-state index contributed by atoms with van der Waals surface area (Å²) in [7, 11) is 0. The zero-order chi connectivity index (χ0) is 14.0. The monoisotopic (exact) mass is 341 g/mol. The Kier molecular flexibility index (Phi) is 4.27. The highest BCUT2D eigenvalue weighted by Crippen LogP contribution is 2.25. The van der Waals surface area contributed by atoms with Gasteiger partial charge in [-0.1, -0.05) is 34.5 Å². The van der Waals surface area contributed by atoms with E-state index < -0.39 is 0 Å². The van der Waals surface area contributed by atoms with Gasteiger partial charge in [-0.05, 0) is 24.6 Å². The number of anilines is 1. The Morgan fingerprint density at radius 1 is 1.53 bits per heavy atom. The van der Waals surface area contributed by atoms with Crippen molar-refractivity contribution in [1.29, 1.82) is 0 Å². The van der Waals surface area contributed by atoms with Gasteiger partial charge < -0.3 is 5.73 Å². The van der Waals surface area contributed by atoms with Crippen LogP contribution < -0.4 is 5.73 Å². The molecule has 0 aliphatic heterocycles. The fourth-order valence-electron chi connectivity index (χ4n) is 1.84. The van der Waals surface area contributed by atoms with Crippen LogP contribution in [0.2, 0.25) is 5.02 Å². The van der Waals surface area contributed by atoms with Crippen molar-refractivity contribution in [3.8, 4) is 0 Å². The summed E-state index contributed by atoms with van der Waals surface area (Å²) in [5.74, 6) is -0.207. The largest absolute Gasteiger partial charge is 0.398 e. The third-order valence-corrected chi connectivity index (χ3v) is 3.47. The van der Waals surface area contributed by atoms with Crippen molar-refractivity contribution in [3.05, 3.63) is 45.1 Å². The highest BCUT2D eigenvalue weighted by Gasteiger charge is 2.20. The summed E-state index contributed by atoms with van der Waals surface area (Å²) in [4.78, 5) is 12.5. The normalized spacial score (nSPS) is 10.7. The Morgan fingerprint density at radius 2 is 2.26 bits per heavy atom. The van der Waals surface area contributed by atoms with E-state index >= 15 is 0 Å². The molecular weight excluding hydrogens is 330 g/mol. The molecule has 0 unspecified atom stereocenters. The third-order valence-electron chi connectivity index (χ3n) is 2.70. The maximum absolute atomic E-state index is 12.5. The van der Waals surface area contributed by atoms with E-state index in [-0.39, 0.29) is 5.78 Å². The summed E-state index contributed by atoms with van der Waals surface area (Å²) in [6.45, 7) is 2.65. The van der Waals surface area contributed by atoms with Crippen LogP contribution in [0.4, 0.5) is 5.69 Å². The van der Waals surface area contributed by atoms with Crippen LogP contribution in [0.25, 0.3) is 0 Å². The number of carbonyl (C=O) groups is 1. The molecule has 0 aliphatic rings. The van der Waals surface area contributed by atoms with E-state index in [2.05, 4.69) is 21.0 Å². The molecule has 0 fully saturated rings. The highest BCUT2D eigenvalue weighted by atomic mass is 79.9. The number of halogens is 2. The van der Waals surface area contributed by atoms with Gasteiger partial charge in [-0.2, -0.15) is 5.10 Å². The first-order chi connectivity index (χ1) is 9.04. The lowest BCUT2D eigenvalue weighted by Crippen LogP contribution is -2.13. The molecule has 0 aliphatic carbocycles. The van der Waals surface area contributed by atoms with Crippen LogP contribution in [0.5, 0.6) is 0 Å². The lowest BCUT2D eigenvalue weighted by molar-refractivity contribution is 0.102. The van der Waals surface area contributed by atoms with Gasteiger partial charge in [0, 0.05) is 22.3 Å². The summed E-state index contributed by atoms with van der Waals surface area (Å²) in [6, 6.07) is 5.15. The molecule has 2 rings (SSSR count). The topological polar surface area (TPSA) is 60.9 Å². The fourth-order valence-corrected chi connectivity index (χ4v) is 2.44. The van der Waals surface area contributed by atoms with E-state index in [4.69, 9.17) is 17.3 Å². The third kappa shape index (κ3) is 2.82. The van der Waals surface area contributed by atoms with Crippen molar-refractivity contribution in [2.45, 2.75) is 19.9 Å². The number of nitrogens with zero attached hydrogens (tertiary/aromatic N) is 2. The van der Waals surface area contributed by atoms with Gasteiger partial charge in [0.15, 0.2) is 0 Å². The molecule has 1 heterocycles. The smallest absolute Gasteiger partial charge is 0.214 e. The number of aryl methyl sites for hydroxylation is 1. The lowest BCUT2D eigenvalue weighted by atomic mass is 10.1. The Morgan fingerprint density at radius 3 is 2.89 bits per heavy atom. The van der Waals surface area contributed by atoms with Gasteiger partial charge >= 0.3 is 0 Å². The van der Waals surface area contributed by atoms with Crippen LogP contribution in [-0.2, 0) is 6.54 Å². The van der Waals surface area contributed by atoms with E-state index in [0.717, 1.165) is 10.9 Å². The predicted octanol–water partition coefficient (Wildman–Crippen LogP) is 3.52. The molecule has 100 valence electrons. The van der Waals surface area contributed by atoms with E-state index in [9.17, 15) is 4.79 Å². The van der Waals surface area contributed by atoms with Gasteiger partial charge in [-0.3, -0.25) is 9.48 Å². The maximum atomic E-state index is 12.5. The summed E-state index contributed by atoms with van der Waals surface area (Å²) >= 11 is 9.37. The van der Waals surface area contributed by atoms with Crippen molar-refractivity contribution in [1.82, 2.24) is 9.78 Å². The standard InChI is InChI=1S/C13H13BrClN3O/c1-2-5-18-12(10(15)7-17-18)13(19)9-4-3-8(14)6-11(9)16/h3-4,6-7H,2,5,16H2,1H3. The lowest BCUT2D eigenvalue weighted by Gasteiger charge is -2.08. The zero-order valence-corrected chi connectivity index (χ0v) is 12.7. The highest BCUT2D eigenvalue weighted by molar-refractivity contribution is 9.10. The van der Waals surface area contributed by atoms with Gasteiger partial charge in [0.2, 0.25) is 5.78 Å². The minimum Gasteiger partial charge on any atom is -0.398 e. The second kappa shape index (κ2) is 5.75. The number of nitrogens with two attached hydrogens (primary N) is 1. The summed E-state index contributed by atoms with van der Waals surface area (Å²) < 4.78 is 2.45. The number of hydrogen-bond acceptors (Lipinski definition) is 3. The van der Waals surface area contributed by atoms with E-state index in [1.54, 1.807) is 22.9 Å². The van der Waals surface area contributed by atoms with E-state index in [0.29, 0.717) is 28.5 Å². The first-order valence-electron chi connectivity index (χ1n) is 5.85. The molecule has 0 saturated carbocycles. The van der Waals surface area contributed by atoms with Crippen LogP contribution in [0, 0.1) is 0 Å². The summed E-state index contributed by atoms with van der Waals surface area (Å²) in [6.07, 6.45) is 2.35. The van der Waals surface area contributed by atoms with E-state index in [1.165, 1.54) is 6.20 Å². The van der Waals surface area contributed by atoms with Crippen molar-refractivity contribution >= 4 is 39.0 Å². The van der Waals surface area contributed by atoms with Crippen LogP contribution >= 0.6 is 27.5 Å². The van der Waals surface area contributed by atoms with Gasteiger partial charge in [-0.15, -0.1) is 0 Å². The summed E-state index contributed by atoms with van der Waals surface area (Å²) in [5.41, 5.74) is 7.12. The molecule has 0 saturated heterocycles. The number of benzene rings is 1. The van der Waals surface area contributed by atoms with Crippen LogP contribution in [0.1, 0.15) is 29.4 Å². The molecule has 2 aromatic rings. The van der Waals surface area contributed by atoms with Crippen LogP contribution in [0.3, 0.4) is 0 Å². The minimum absolute atomic E-state index is 0.207. The number of ketones is 1. The second-order valence-electron chi connectivity index (χ2n) is 4.12. The molecule has 1 aromatic carbocycles. The average molecular weight is 343 g/mol.